The van der Waals surface area contributed by atoms with E-state index in [1.807, 2.05) is 6.92 Å². The Morgan fingerprint density at radius 2 is 1.35 bits per heavy atom. The standard InChI is InChI=1S/C35H46O11/c1-19-15-16-34(8,9)32(44-24(6)38)30(42-22(4)36)28(40)20(2)17-27-29(45-33(41)26-13-11-10-12-14-26)21(3)18-35(27,46-25(7)39)31(19)43-23(5)37/h10-17,19,21,27-32,40H,18H2,1-9H3/b16-15?,20-17-. The minimum Gasteiger partial charge on any atom is -0.458 e. The maximum atomic E-state index is 13.4. The molecule has 11 nitrogen and oxygen atoms in total. The van der Waals surface area contributed by atoms with Gasteiger partial charge in [-0.3, -0.25) is 19.2 Å². The van der Waals surface area contributed by atoms with E-state index in [9.17, 15) is 29.1 Å². The first-order valence-corrected chi connectivity index (χ1v) is 15.4. The van der Waals surface area contributed by atoms with Gasteiger partial charge in [0.05, 0.1) is 11.5 Å². The van der Waals surface area contributed by atoms with Gasteiger partial charge in [-0.15, -0.1) is 0 Å². The third kappa shape index (κ3) is 8.23. The van der Waals surface area contributed by atoms with Gasteiger partial charge in [0, 0.05) is 39.0 Å². The molecule has 252 valence electrons. The Balaban J connectivity index is 2.34. The molecule has 2 aliphatic carbocycles. The third-order valence-corrected chi connectivity index (χ3v) is 8.63. The molecule has 0 aromatic heterocycles. The summed E-state index contributed by atoms with van der Waals surface area (Å²) in [6.45, 7) is 13.6. The molecule has 9 atom stereocenters. The van der Waals surface area contributed by atoms with Crippen molar-refractivity contribution in [3.8, 4) is 0 Å². The van der Waals surface area contributed by atoms with Gasteiger partial charge < -0.3 is 28.8 Å². The van der Waals surface area contributed by atoms with E-state index in [0.29, 0.717) is 5.56 Å². The van der Waals surface area contributed by atoms with Gasteiger partial charge in [-0.25, -0.2) is 4.79 Å². The summed E-state index contributed by atoms with van der Waals surface area (Å²) >= 11 is 0. The molecule has 0 bridgehead atoms. The highest BCUT2D eigenvalue weighted by Crippen LogP contribution is 2.51. The van der Waals surface area contributed by atoms with Gasteiger partial charge in [-0.2, -0.15) is 0 Å². The molecule has 1 aromatic rings. The highest BCUT2D eigenvalue weighted by Gasteiger charge is 2.62. The number of hydrogen-bond donors (Lipinski definition) is 1. The maximum absolute atomic E-state index is 13.4. The first-order chi connectivity index (χ1) is 21.4. The van der Waals surface area contributed by atoms with Crippen molar-refractivity contribution in [3.63, 3.8) is 0 Å². The van der Waals surface area contributed by atoms with E-state index in [2.05, 4.69) is 0 Å². The van der Waals surface area contributed by atoms with Crippen LogP contribution in [0.4, 0.5) is 0 Å². The monoisotopic (exact) mass is 642 g/mol. The van der Waals surface area contributed by atoms with E-state index in [1.54, 1.807) is 76.3 Å². The van der Waals surface area contributed by atoms with Crippen molar-refractivity contribution < 1.29 is 52.8 Å². The largest absolute Gasteiger partial charge is 0.458 e. The van der Waals surface area contributed by atoms with Crippen LogP contribution in [0.25, 0.3) is 0 Å². The summed E-state index contributed by atoms with van der Waals surface area (Å²) < 4.78 is 29.5. The first-order valence-electron chi connectivity index (χ1n) is 15.4. The summed E-state index contributed by atoms with van der Waals surface area (Å²) in [6.07, 6.45) is -0.733. The van der Waals surface area contributed by atoms with Crippen molar-refractivity contribution >= 4 is 29.8 Å². The zero-order valence-corrected chi connectivity index (χ0v) is 28.0. The molecular formula is C35H46O11. The normalized spacial score (nSPS) is 33.5. The zero-order chi connectivity index (χ0) is 34.6. The predicted octanol–water partition coefficient (Wildman–Crippen LogP) is 4.50. The summed E-state index contributed by atoms with van der Waals surface area (Å²) in [5.41, 5.74) is -2.00. The number of hydrogen-bond acceptors (Lipinski definition) is 11. The van der Waals surface area contributed by atoms with Crippen LogP contribution in [0.3, 0.4) is 0 Å². The lowest BCUT2D eigenvalue weighted by Gasteiger charge is -2.44. The maximum Gasteiger partial charge on any atom is 0.338 e. The Labute approximate surface area is 270 Å². The van der Waals surface area contributed by atoms with Crippen LogP contribution in [0.1, 0.15) is 79.1 Å². The van der Waals surface area contributed by atoms with E-state index in [-0.39, 0.29) is 12.0 Å². The average Bonchev–Trinajstić information content (AvgIpc) is 3.20. The third-order valence-electron chi connectivity index (χ3n) is 8.63. The lowest BCUT2D eigenvalue weighted by Crippen LogP contribution is -2.55. The fourth-order valence-corrected chi connectivity index (χ4v) is 6.69. The van der Waals surface area contributed by atoms with Crippen molar-refractivity contribution in [3.05, 3.63) is 59.7 Å². The Morgan fingerprint density at radius 3 is 1.89 bits per heavy atom. The van der Waals surface area contributed by atoms with Gasteiger partial charge in [0.1, 0.15) is 24.4 Å². The minimum atomic E-state index is -1.54. The summed E-state index contributed by atoms with van der Waals surface area (Å²) in [7, 11) is 0. The Morgan fingerprint density at radius 1 is 0.783 bits per heavy atom. The minimum absolute atomic E-state index is 0.146. The fourth-order valence-electron chi connectivity index (χ4n) is 6.69. The van der Waals surface area contributed by atoms with Crippen LogP contribution >= 0.6 is 0 Å². The van der Waals surface area contributed by atoms with Crippen LogP contribution in [0.15, 0.2) is 54.1 Å². The number of esters is 5. The molecule has 0 aliphatic heterocycles. The molecule has 1 aromatic carbocycles. The second kappa shape index (κ2) is 14.6. The van der Waals surface area contributed by atoms with Gasteiger partial charge in [-0.1, -0.05) is 64.1 Å². The van der Waals surface area contributed by atoms with Crippen molar-refractivity contribution in [2.24, 2.45) is 23.2 Å². The quantitative estimate of drug-likeness (QED) is 0.265. The molecule has 3 rings (SSSR count). The average molecular weight is 643 g/mol. The Bertz CT molecular complexity index is 1360. The van der Waals surface area contributed by atoms with E-state index < -0.39 is 89.1 Å². The van der Waals surface area contributed by atoms with Gasteiger partial charge in [0.15, 0.2) is 11.7 Å². The van der Waals surface area contributed by atoms with Crippen molar-refractivity contribution in [2.75, 3.05) is 0 Å². The van der Waals surface area contributed by atoms with Gasteiger partial charge in [-0.05, 0) is 37.0 Å². The van der Waals surface area contributed by atoms with E-state index in [1.165, 1.54) is 27.7 Å². The highest BCUT2D eigenvalue weighted by atomic mass is 16.6. The topological polar surface area (TPSA) is 152 Å². The van der Waals surface area contributed by atoms with Crippen molar-refractivity contribution in [1.29, 1.82) is 0 Å². The SMILES string of the molecule is CC(=O)OC1C(O)/C(C)=C\C2C(OC(=O)c3ccccc3)C(C)CC2(OC(C)=O)C(OC(C)=O)C(C)C=CC(C)(C)C1OC(C)=O. The number of aliphatic hydroxyl groups is 1. The summed E-state index contributed by atoms with van der Waals surface area (Å²) in [4.78, 5) is 63.4. The Kier molecular flexibility index (Phi) is 11.6. The molecule has 0 saturated heterocycles. The molecule has 2 aliphatic rings. The molecule has 0 radical (unpaired) electrons. The Hall–Kier alpha value is -3.99. The molecule has 9 unspecified atom stereocenters. The lowest BCUT2D eigenvalue weighted by molar-refractivity contribution is -0.195. The molecular weight excluding hydrogens is 596 g/mol. The van der Waals surface area contributed by atoms with Crippen LogP contribution in [0.2, 0.25) is 0 Å². The molecule has 1 saturated carbocycles. The zero-order valence-electron chi connectivity index (χ0n) is 28.0. The number of fused-ring (bicyclic) bond motifs is 1. The van der Waals surface area contributed by atoms with E-state index in [4.69, 9.17) is 23.7 Å². The first kappa shape index (κ1) is 36.5. The van der Waals surface area contributed by atoms with Gasteiger partial charge >= 0.3 is 29.8 Å². The fraction of sp³-hybridized carbons (Fsp3) is 0.571. The number of carbonyl (C=O) groups is 5. The smallest absolute Gasteiger partial charge is 0.338 e. The molecule has 1 N–H and O–H groups in total. The van der Waals surface area contributed by atoms with Crippen molar-refractivity contribution in [1.82, 2.24) is 0 Å². The van der Waals surface area contributed by atoms with Crippen LogP contribution in [0.5, 0.6) is 0 Å². The van der Waals surface area contributed by atoms with Crippen LogP contribution < -0.4 is 0 Å². The van der Waals surface area contributed by atoms with E-state index >= 15 is 0 Å². The lowest BCUT2D eigenvalue weighted by atomic mass is 9.74. The second-order valence-corrected chi connectivity index (χ2v) is 13.0. The molecule has 0 heterocycles. The summed E-state index contributed by atoms with van der Waals surface area (Å²) in [5.74, 6) is -5.17. The van der Waals surface area contributed by atoms with Gasteiger partial charge in [0.2, 0.25) is 0 Å². The molecule has 0 spiro atoms. The van der Waals surface area contributed by atoms with Crippen LogP contribution in [0, 0.1) is 23.2 Å². The highest BCUT2D eigenvalue weighted by molar-refractivity contribution is 5.89. The number of ether oxygens (including phenoxy) is 5. The van der Waals surface area contributed by atoms with Crippen LogP contribution in [-0.4, -0.2) is 71.1 Å². The number of benzene rings is 1. The number of aliphatic hydroxyl groups excluding tert-OH is 1. The second-order valence-electron chi connectivity index (χ2n) is 13.0. The van der Waals surface area contributed by atoms with Crippen molar-refractivity contribution in [2.45, 2.75) is 105 Å². The molecule has 0 amide bonds. The molecule has 11 heteroatoms. The van der Waals surface area contributed by atoms with Crippen LogP contribution in [-0.2, 0) is 42.9 Å². The number of carbonyl (C=O) groups excluding carboxylic acids is 5. The summed E-state index contributed by atoms with van der Waals surface area (Å²) in [6, 6.07) is 8.40. The summed E-state index contributed by atoms with van der Waals surface area (Å²) in [5, 5.41) is 11.8. The van der Waals surface area contributed by atoms with E-state index in [0.717, 1.165) is 0 Å². The predicted molar refractivity (Wildman–Crippen MR) is 166 cm³/mol. The molecule has 1 fully saturated rings. The number of rotatable bonds is 6. The molecule has 46 heavy (non-hydrogen) atoms. The van der Waals surface area contributed by atoms with Gasteiger partial charge in [0.25, 0.3) is 0 Å².